The second-order valence-electron chi connectivity index (χ2n) is 2.51. The molecule has 3 N–H and O–H groups in total. The van der Waals surface area contributed by atoms with Crippen LogP contribution in [0.1, 0.15) is 0 Å². The van der Waals surface area contributed by atoms with Gasteiger partial charge in [-0.25, -0.2) is 0 Å². The molecule has 0 bridgehead atoms. The quantitative estimate of drug-likeness (QED) is 0.365. The van der Waals surface area contributed by atoms with Crippen molar-refractivity contribution in [3.8, 4) is 6.07 Å². The summed E-state index contributed by atoms with van der Waals surface area (Å²) in [4.78, 5) is 10.5. The molecule has 0 unspecified atom stereocenters. The van der Waals surface area contributed by atoms with E-state index < -0.39 is 5.91 Å². The van der Waals surface area contributed by atoms with Gasteiger partial charge >= 0.3 is 5.91 Å². The van der Waals surface area contributed by atoms with Crippen molar-refractivity contribution in [2.24, 2.45) is 0 Å². The molecule has 0 aliphatic carbocycles. The van der Waals surface area contributed by atoms with Crippen molar-refractivity contribution < 1.29 is 4.79 Å². The maximum Gasteiger partial charge on any atom is 0.340 e. The predicted molar refractivity (Wildman–Crippen MR) is 59.6 cm³/mol. The first-order valence-corrected chi connectivity index (χ1v) is 4.45. The Morgan fingerprint density at radius 1 is 1.27 bits per heavy atom. The van der Waals surface area contributed by atoms with Gasteiger partial charge in [-0.05, 0) is 24.4 Å². The third kappa shape index (κ3) is 4.06. The smallest absolute Gasteiger partial charge is 0.331 e. The molecule has 0 radical (unpaired) electrons. The topological polar surface area (TPSA) is 77.0 Å². The van der Waals surface area contributed by atoms with Crippen molar-refractivity contribution in [2.75, 3.05) is 5.32 Å². The second kappa shape index (κ2) is 5.57. The summed E-state index contributed by atoms with van der Waals surface area (Å²) in [5.41, 5.74) is 5.27. The number of amides is 1. The molecule has 0 saturated heterocycles. The van der Waals surface area contributed by atoms with Crippen LogP contribution in [0.2, 0.25) is 0 Å². The molecule has 0 aromatic heterocycles. The van der Waals surface area contributed by atoms with Crippen LogP contribution >= 0.6 is 12.2 Å². The van der Waals surface area contributed by atoms with Gasteiger partial charge in [-0.2, -0.15) is 5.26 Å². The number of nitriles is 1. The van der Waals surface area contributed by atoms with Crippen molar-refractivity contribution >= 4 is 28.9 Å². The molecule has 1 amide bonds. The van der Waals surface area contributed by atoms with E-state index in [4.69, 9.17) is 17.5 Å². The highest BCUT2D eigenvalue weighted by molar-refractivity contribution is 7.80. The highest BCUT2D eigenvalue weighted by atomic mass is 32.1. The lowest BCUT2D eigenvalue weighted by molar-refractivity contribution is -0.116. The number of para-hydroxylation sites is 1. The number of carbonyl (C=O) groups is 1. The van der Waals surface area contributed by atoms with Crippen molar-refractivity contribution in [3.05, 3.63) is 30.3 Å². The van der Waals surface area contributed by atoms with Gasteiger partial charge in [0.1, 0.15) is 0 Å². The number of thiocarbonyl (C=S) groups is 1. The summed E-state index contributed by atoms with van der Waals surface area (Å²) in [6.45, 7) is 0. The fourth-order valence-corrected chi connectivity index (χ4v) is 0.994. The maximum absolute atomic E-state index is 10.5. The molecule has 1 aromatic rings. The van der Waals surface area contributed by atoms with E-state index in [1.807, 2.05) is 30.3 Å². The fourth-order valence-electron chi connectivity index (χ4n) is 0.825. The fraction of sp³-hybridized carbons (Fsp3) is 0. The maximum atomic E-state index is 10.5. The molecule has 1 rings (SSSR count). The van der Waals surface area contributed by atoms with Gasteiger partial charge in [0.05, 0.1) is 0 Å². The molecular weight excluding hydrogens is 212 g/mol. The Kier molecular flexibility index (Phi) is 4.06. The summed E-state index contributed by atoms with van der Waals surface area (Å²) < 4.78 is 0. The Morgan fingerprint density at radius 3 is 2.53 bits per heavy atom. The van der Waals surface area contributed by atoms with Crippen LogP contribution in [0.15, 0.2) is 30.3 Å². The summed E-state index contributed by atoms with van der Waals surface area (Å²) in [5.74, 6) is -0.799. The minimum Gasteiger partial charge on any atom is -0.331 e. The predicted octanol–water partition coefficient (Wildman–Crippen LogP) is 0.528. The standard InChI is InChI=1S/C9H8N4OS/c10-6-8(14)12-13-9(15)11-7-4-2-1-3-5-7/h1-5H,(H,12,14)(H2,11,13,15). The van der Waals surface area contributed by atoms with Crippen LogP contribution in [-0.2, 0) is 4.79 Å². The van der Waals surface area contributed by atoms with E-state index in [-0.39, 0.29) is 5.11 Å². The third-order valence-electron chi connectivity index (χ3n) is 1.42. The number of carbonyl (C=O) groups excluding carboxylic acids is 1. The first kappa shape index (κ1) is 10.9. The molecule has 0 aliphatic heterocycles. The van der Waals surface area contributed by atoms with Crippen molar-refractivity contribution in [1.82, 2.24) is 10.9 Å². The zero-order valence-electron chi connectivity index (χ0n) is 7.65. The average Bonchev–Trinajstić information content (AvgIpc) is 2.27. The first-order valence-electron chi connectivity index (χ1n) is 4.04. The molecule has 0 heterocycles. The Balaban J connectivity index is 2.38. The van der Waals surface area contributed by atoms with Crippen LogP contribution < -0.4 is 16.2 Å². The van der Waals surface area contributed by atoms with Crippen LogP contribution in [0, 0.1) is 11.3 Å². The van der Waals surface area contributed by atoms with E-state index in [1.165, 1.54) is 6.07 Å². The van der Waals surface area contributed by atoms with E-state index in [1.54, 1.807) is 0 Å². The summed E-state index contributed by atoms with van der Waals surface area (Å²) in [7, 11) is 0. The van der Waals surface area contributed by atoms with E-state index >= 15 is 0 Å². The van der Waals surface area contributed by atoms with E-state index in [0.717, 1.165) is 5.69 Å². The lowest BCUT2D eigenvalue weighted by Gasteiger charge is -2.08. The van der Waals surface area contributed by atoms with Crippen LogP contribution in [0.4, 0.5) is 5.69 Å². The molecule has 0 saturated carbocycles. The summed E-state index contributed by atoms with van der Waals surface area (Å²) >= 11 is 4.86. The van der Waals surface area contributed by atoms with Gasteiger partial charge in [0, 0.05) is 5.69 Å². The first-order chi connectivity index (χ1) is 7.22. The lowest BCUT2D eigenvalue weighted by atomic mass is 10.3. The SMILES string of the molecule is N#CC(=O)NNC(=S)Nc1ccccc1. The van der Waals surface area contributed by atoms with Crippen molar-refractivity contribution in [3.63, 3.8) is 0 Å². The Bertz CT molecular complexity index is 398. The van der Waals surface area contributed by atoms with Gasteiger partial charge in [0.25, 0.3) is 0 Å². The Hall–Kier alpha value is -2.13. The van der Waals surface area contributed by atoms with Crippen LogP contribution in [0.25, 0.3) is 0 Å². The molecule has 76 valence electrons. The van der Waals surface area contributed by atoms with Crippen molar-refractivity contribution in [1.29, 1.82) is 5.26 Å². The molecule has 5 nitrogen and oxygen atoms in total. The second-order valence-corrected chi connectivity index (χ2v) is 2.92. The summed E-state index contributed by atoms with van der Waals surface area (Å²) in [5, 5.41) is 11.2. The van der Waals surface area contributed by atoms with Gasteiger partial charge in [0.15, 0.2) is 11.2 Å². The number of hydrogen-bond donors (Lipinski definition) is 3. The molecule has 6 heteroatoms. The number of benzene rings is 1. The van der Waals surface area contributed by atoms with Crippen LogP contribution in [0.5, 0.6) is 0 Å². The number of hydrazine groups is 1. The Labute approximate surface area is 92.1 Å². The summed E-state index contributed by atoms with van der Waals surface area (Å²) in [6, 6.07) is 10.6. The average molecular weight is 220 g/mol. The highest BCUT2D eigenvalue weighted by Gasteiger charge is 1.98. The molecular formula is C9H8N4OS. The number of rotatable bonds is 1. The van der Waals surface area contributed by atoms with E-state index in [9.17, 15) is 4.79 Å². The molecule has 0 spiro atoms. The monoisotopic (exact) mass is 220 g/mol. The minimum atomic E-state index is -0.799. The third-order valence-corrected chi connectivity index (χ3v) is 1.63. The molecule has 0 fully saturated rings. The zero-order chi connectivity index (χ0) is 11.1. The molecule has 15 heavy (non-hydrogen) atoms. The number of anilines is 1. The van der Waals surface area contributed by atoms with Gasteiger partial charge in [-0.1, -0.05) is 18.2 Å². The van der Waals surface area contributed by atoms with E-state index in [2.05, 4.69) is 16.2 Å². The summed E-state index contributed by atoms with van der Waals surface area (Å²) in [6.07, 6.45) is 0. The van der Waals surface area contributed by atoms with E-state index in [0.29, 0.717) is 0 Å². The molecule has 0 atom stereocenters. The van der Waals surface area contributed by atoms with Gasteiger partial charge in [-0.3, -0.25) is 15.6 Å². The van der Waals surface area contributed by atoms with Gasteiger partial charge in [-0.15, -0.1) is 0 Å². The molecule has 1 aromatic carbocycles. The lowest BCUT2D eigenvalue weighted by Crippen LogP contribution is -2.43. The Morgan fingerprint density at radius 2 is 1.93 bits per heavy atom. The minimum absolute atomic E-state index is 0.213. The largest absolute Gasteiger partial charge is 0.340 e. The van der Waals surface area contributed by atoms with Crippen LogP contribution in [0.3, 0.4) is 0 Å². The zero-order valence-corrected chi connectivity index (χ0v) is 8.47. The number of nitrogens with one attached hydrogen (secondary N) is 3. The number of nitrogens with zero attached hydrogens (tertiary/aromatic N) is 1. The molecule has 0 aliphatic rings. The van der Waals surface area contributed by atoms with Crippen molar-refractivity contribution in [2.45, 2.75) is 0 Å². The normalized spacial score (nSPS) is 8.47. The van der Waals surface area contributed by atoms with Gasteiger partial charge < -0.3 is 5.32 Å². The highest BCUT2D eigenvalue weighted by Crippen LogP contribution is 2.03. The van der Waals surface area contributed by atoms with Crippen LogP contribution in [-0.4, -0.2) is 11.0 Å². The number of hydrogen-bond acceptors (Lipinski definition) is 3. The van der Waals surface area contributed by atoms with Gasteiger partial charge in [0.2, 0.25) is 0 Å².